The first-order chi connectivity index (χ1) is 17.7. The number of hydrogen-bond donors (Lipinski definition) is 5. The van der Waals surface area contributed by atoms with Gasteiger partial charge in [0.15, 0.2) is 0 Å². The monoisotopic (exact) mass is 527 g/mol. The van der Waals surface area contributed by atoms with Gasteiger partial charge in [0.1, 0.15) is 18.0 Å². The van der Waals surface area contributed by atoms with Crippen LogP contribution >= 0.6 is 7.82 Å². The molecule has 3 aromatic rings. The summed E-state index contributed by atoms with van der Waals surface area (Å²) >= 11 is 0. The van der Waals surface area contributed by atoms with E-state index in [1.165, 1.54) is 10.8 Å². The minimum atomic E-state index is -4.70. The van der Waals surface area contributed by atoms with Crippen molar-refractivity contribution in [3.8, 4) is 23.0 Å². The van der Waals surface area contributed by atoms with E-state index in [4.69, 9.17) is 14.5 Å². The molecular formula is C26H30N3O7P. The van der Waals surface area contributed by atoms with Crippen molar-refractivity contribution in [3.63, 3.8) is 0 Å². The Morgan fingerprint density at radius 1 is 1.16 bits per heavy atom. The van der Waals surface area contributed by atoms with E-state index in [2.05, 4.69) is 26.7 Å². The summed E-state index contributed by atoms with van der Waals surface area (Å²) in [5.41, 5.74) is 3.70. The summed E-state index contributed by atoms with van der Waals surface area (Å²) in [4.78, 5) is 22.3. The Labute approximate surface area is 215 Å². The van der Waals surface area contributed by atoms with Crippen LogP contribution in [0.15, 0.2) is 60.9 Å². The number of aromatic nitrogens is 2. The van der Waals surface area contributed by atoms with Crippen molar-refractivity contribution >= 4 is 13.5 Å². The standard InChI is InChI=1S/C26H30N3O7P/c1-18(30)26-27-12-13-29(26)24(16-36-37(32,33)34)11-4-19-2-5-20(6-3-19)21-7-9-23(10-8-21)28-14-22-15-35-17-25(22)31/h2-3,5-10,12-13,18,22,24-25,28,30-31H,14-17H2,1H3,(H2,32,33,34)/t18-,22-,24-,25-/m0/s1. The maximum absolute atomic E-state index is 11.2. The van der Waals surface area contributed by atoms with Gasteiger partial charge in [-0.1, -0.05) is 36.1 Å². The Morgan fingerprint density at radius 3 is 2.43 bits per heavy atom. The Hall–Kier alpha value is -3.00. The predicted octanol–water partition coefficient (Wildman–Crippen LogP) is 2.72. The Kier molecular flexibility index (Phi) is 8.79. The first-order valence-electron chi connectivity index (χ1n) is 11.8. The maximum Gasteiger partial charge on any atom is 0.469 e. The normalized spacial score (nSPS) is 19.2. The largest absolute Gasteiger partial charge is 0.469 e. The fraction of sp³-hybridized carbons (Fsp3) is 0.346. The molecule has 4 atom stereocenters. The van der Waals surface area contributed by atoms with Crippen LogP contribution in [0.2, 0.25) is 0 Å². The van der Waals surface area contributed by atoms with Gasteiger partial charge in [-0.2, -0.15) is 0 Å². The molecule has 1 saturated heterocycles. The molecular weight excluding hydrogens is 497 g/mol. The molecule has 0 bridgehead atoms. The van der Waals surface area contributed by atoms with E-state index in [0.717, 1.165) is 16.8 Å². The molecule has 1 aliphatic rings. The van der Waals surface area contributed by atoms with Gasteiger partial charge in [0.2, 0.25) is 0 Å². The Balaban J connectivity index is 1.44. The molecule has 0 amide bonds. The number of ether oxygens (including phenoxy) is 1. The zero-order valence-electron chi connectivity index (χ0n) is 20.3. The quantitative estimate of drug-likeness (QED) is 0.209. The summed E-state index contributed by atoms with van der Waals surface area (Å²) in [5, 5.41) is 23.2. The van der Waals surface area contributed by atoms with Gasteiger partial charge in [0.05, 0.1) is 25.9 Å². The molecule has 11 heteroatoms. The van der Waals surface area contributed by atoms with Crippen LogP contribution in [-0.2, 0) is 13.8 Å². The van der Waals surface area contributed by atoms with Crippen molar-refractivity contribution in [2.24, 2.45) is 5.92 Å². The summed E-state index contributed by atoms with van der Waals surface area (Å²) in [7, 11) is -4.70. The van der Waals surface area contributed by atoms with Gasteiger partial charge in [0, 0.05) is 36.1 Å². The number of aliphatic hydroxyl groups excluding tert-OH is 2. The molecule has 37 heavy (non-hydrogen) atoms. The summed E-state index contributed by atoms with van der Waals surface area (Å²) in [6.45, 7) is 2.76. The number of rotatable bonds is 9. The van der Waals surface area contributed by atoms with E-state index in [0.29, 0.717) is 31.1 Å². The highest BCUT2D eigenvalue weighted by Crippen LogP contribution is 2.37. The lowest BCUT2D eigenvalue weighted by molar-refractivity contribution is 0.120. The highest BCUT2D eigenvalue weighted by Gasteiger charge is 2.25. The number of aliphatic hydroxyl groups is 2. The van der Waals surface area contributed by atoms with Crippen LogP contribution in [0.3, 0.4) is 0 Å². The second kappa shape index (κ2) is 12.0. The van der Waals surface area contributed by atoms with Crippen LogP contribution in [0, 0.1) is 17.8 Å². The van der Waals surface area contributed by atoms with Crippen molar-refractivity contribution in [1.82, 2.24) is 9.55 Å². The lowest BCUT2D eigenvalue weighted by atomic mass is 10.0. The molecule has 1 aliphatic heterocycles. The molecule has 0 spiro atoms. The van der Waals surface area contributed by atoms with E-state index in [1.54, 1.807) is 13.1 Å². The molecule has 0 unspecified atom stereocenters. The molecule has 0 radical (unpaired) electrons. The number of hydrogen-bond acceptors (Lipinski definition) is 7. The highest BCUT2D eigenvalue weighted by atomic mass is 31.2. The molecule has 10 nitrogen and oxygen atoms in total. The number of anilines is 1. The Bertz CT molecular complexity index is 1280. The first kappa shape index (κ1) is 27.0. The smallest absolute Gasteiger partial charge is 0.390 e. The van der Waals surface area contributed by atoms with Crippen LogP contribution in [-0.4, -0.2) is 62.0 Å². The van der Waals surface area contributed by atoms with Gasteiger partial charge >= 0.3 is 7.82 Å². The lowest BCUT2D eigenvalue weighted by Crippen LogP contribution is -2.25. The van der Waals surface area contributed by atoms with E-state index in [-0.39, 0.29) is 12.5 Å². The minimum absolute atomic E-state index is 0.0867. The van der Waals surface area contributed by atoms with Crippen molar-refractivity contribution in [2.45, 2.75) is 25.2 Å². The molecule has 2 heterocycles. The molecule has 5 N–H and O–H groups in total. The summed E-state index contributed by atoms with van der Waals surface area (Å²) in [5.74, 6) is 6.39. The van der Waals surface area contributed by atoms with E-state index >= 15 is 0 Å². The SMILES string of the molecule is C[C@H](O)c1nccn1[C@@H](C#Cc1ccc(-c2ccc(NC[C@H]3COC[C@@H]3O)cc2)cc1)COP(=O)(O)O. The summed E-state index contributed by atoms with van der Waals surface area (Å²) in [6, 6.07) is 14.8. The predicted molar refractivity (Wildman–Crippen MR) is 137 cm³/mol. The lowest BCUT2D eigenvalue weighted by Gasteiger charge is -2.17. The van der Waals surface area contributed by atoms with Crippen molar-refractivity contribution in [1.29, 1.82) is 0 Å². The van der Waals surface area contributed by atoms with Crippen LogP contribution in [0.1, 0.15) is 30.5 Å². The van der Waals surface area contributed by atoms with Gasteiger partial charge in [-0.05, 0) is 42.3 Å². The number of phosphoric ester groups is 1. The van der Waals surface area contributed by atoms with Crippen LogP contribution in [0.4, 0.5) is 5.69 Å². The number of nitrogens with one attached hydrogen (secondary N) is 1. The topological polar surface area (TPSA) is 146 Å². The summed E-state index contributed by atoms with van der Waals surface area (Å²) < 4.78 is 22.7. The van der Waals surface area contributed by atoms with E-state index in [1.807, 2.05) is 48.5 Å². The van der Waals surface area contributed by atoms with Gasteiger partial charge in [-0.25, -0.2) is 9.55 Å². The molecule has 1 fully saturated rings. The third-order valence-corrected chi connectivity index (χ3v) is 6.51. The molecule has 4 rings (SSSR count). The molecule has 1 aromatic heterocycles. The average Bonchev–Trinajstić information content (AvgIpc) is 3.52. The van der Waals surface area contributed by atoms with Crippen molar-refractivity contribution < 1.29 is 33.8 Å². The van der Waals surface area contributed by atoms with E-state index < -0.39 is 26.1 Å². The fourth-order valence-corrected chi connectivity index (χ4v) is 4.33. The van der Waals surface area contributed by atoms with Gasteiger partial charge in [0.25, 0.3) is 0 Å². The molecule has 2 aromatic carbocycles. The summed E-state index contributed by atoms with van der Waals surface area (Å²) in [6.07, 6.45) is 1.74. The van der Waals surface area contributed by atoms with Crippen molar-refractivity contribution in [2.75, 3.05) is 31.7 Å². The zero-order chi connectivity index (χ0) is 26.4. The third-order valence-electron chi connectivity index (χ3n) is 6.03. The second-order valence-corrected chi connectivity index (χ2v) is 10.1. The van der Waals surface area contributed by atoms with Crippen LogP contribution in [0.25, 0.3) is 11.1 Å². The molecule has 0 saturated carbocycles. The van der Waals surface area contributed by atoms with Gasteiger partial charge in [-0.15, -0.1) is 0 Å². The Morgan fingerprint density at radius 2 is 1.84 bits per heavy atom. The second-order valence-electron chi connectivity index (χ2n) is 8.84. The zero-order valence-corrected chi connectivity index (χ0v) is 21.2. The van der Waals surface area contributed by atoms with E-state index in [9.17, 15) is 14.8 Å². The van der Waals surface area contributed by atoms with Gasteiger partial charge < -0.3 is 34.6 Å². The third kappa shape index (κ3) is 7.51. The number of imidazole rings is 1. The first-order valence-corrected chi connectivity index (χ1v) is 13.4. The fourth-order valence-electron chi connectivity index (χ4n) is 4.00. The average molecular weight is 528 g/mol. The number of phosphoric acid groups is 1. The van der Waals surface area contributed by atoms with Crippen LogP contribution in [0.5, 0.6) is 0 Å². The van der Waals surface area contributed by atoms with Crippen molar-refractivity contribution in [3.05, 3.63) is 72.3 Å². The number of benzene rings is 2. The highest BCUT2D eigenvalue weighted by molar-refractivity contribution is 7.46. The van der Waals surface area contributed by atoms with Crippen LogP contribution < -0.4 is 5.32 Å². The van der Waals surface area contributed by atoms with Gasteiger partial charge in [-0.3, -0.25) is 4.52 Å². The maximum atomic E-state index is 11.2. The molecule has 196 valence electrons. The number of nitrogens with zero attached hydrogens (tertiary/aromatic N) is 2. The molecule has 0 aliphatic carbocycles. The minimum Gasteiger partial charge on any atom is -0.390 e.